The molecule has 0 aliphatic carbocycles. The SMILES string of the molecule is CCOP(=NC(C)=O)(OCC)OCC. The van der Waals surface area contributed by atoms with Gasteiger partial charge in [0.1, 0.15) is 0 Å². The van der Waals surface area contributed by atoms with Crippen molar-refractivity contribution in [2.45, 2.75) is 27.7 Å². The first-order valence-electron chi connectivity index (χ1n) is 4.66. The van der Waals surface area contributed by atoms with E-state index in [4.69, 9.17) is 13.6 Å². The Morgan fingerprint density at radius 3 is 1.64 bits per heavy atom. The molecule has 0 rings (SSSR count). The van der Waals surface area contributed by atoms with E-state index in [9.17, 15) is 4.79 Å². The van der Waals surface area contributed by atoms with E-state index in [1.165, 1.54) is 6.92 Å². The van der Waals surface area contributed by atoms with Gasteiger partial charge in [0.05, 0.1) is 19.8 Å². The molecule has 0 spiro atoms. The Balaban J connectivity index is 4.81. The van der Waals surface area contributed by atoms with E-state index in [-0.39, 0.29) is 5.91 Å². The maximum Gasteiger partial charge on any atom is 0.363 e. The fourth-order valence-corrected chi connectivity index (χ4v) is 2.58. The highest BCUT2D eigenvalue weighted by Crippen LogP contribution is 2.52. The number of rotatable bonds is 6. The first-order chi connectivity index (χ1) is 6.60. The molecule has 0 radical (unpaired) electrons. The Labute approximate surface area is 85.0 Å². The largest absolute Gasteiger partial charge is 0.363 e. The van der Waals surface area contributed by atoms with Crippen molar-refractivity contribution < 1.29 is 18.4 Å². The minimum absolute atomic E-state index is 0.339. The lowest BCUT2D eigenvalue weighted by Crippen LogP contribution is -2.02. The maximum absolute atomic E-state index is 10.9. The normalized spacial score (nSPS) is 11.4. The smallest absolute Gasteiger partial charge is 0.303 e. The van der Waals surface area contributed by atoms with Gasteiger partial charge in [-0.05, 0) is 20.8 Å². The van der Waals surface area contributed by atoms with E-state index in [0.717, 1.165) is 0 Å². The highest BCUT2D eigenvalue weighted by Gasteiger charge is 2.22. The van der Waals surface area contributed by atoms with Gasteiger partial charge in [0, 0.05) is 6.92 Å². The Morgan fingerprint density at radius 2 is 1.43 bits per heavy atom. The van der Waals surface area contributed by atoms with Crippen LogP contribution >= 0.6 is 7.74 Å². The molecule has 84 valence electrons. The van der Waals surface area contributed by atoms with Gasteiger partial charge >= 0.3 is 7.74 Å². The zero-order chi connectivity index (χ0) is 11.0. The van der Waals surface area contributed by atoms with Gasteiger partial charge in [-0.25, -0.2) is 0 Å². The molecule has 0 aromatic rings. The molecule has 0 bridgehead atoms. The minimum atomic E-state index is -2.78. The minimum Gasteiger partial charge on any atom is -0.303 e. The van der Waals surface area contributed by atoms with E-state index < -0.39 is 7.74 Å². The van der Waals surface area contributed by atoms with Crippen LogP contribution in [0, 0.1) is 0 Å². The van der Waals surface area contributed by atoms with Gasteiger partial charge in [-0.15, -0.1) is 0 Å². The molecule has 14 heavy (non-hydrogen) atoms. The van der Waals surface area contributed by atoms with E-state index in [0.29, 0.717) is 19.8 Å². The molecule has 5 nitrogen and oxygen atoms in total. The van der Waals surface area contributed by atoms with Gasteiger partial charge in [0.2, 0.25) is 5.91 Å². The molecule has 0 heterocycles. The molecular formula is C8H18NO4P. The summed E-state index contributed by atoms with van der Waals surface area (Å²) < 4.78 is 19.7. The number of amides is 1. The molecule has 0 saturated carbocycles. The van der Waals surface area contributed by atoms with Gasteiger partial charge in [-0.3, -0.25) is 4.79 Å². The van der Waals surface area contributed by atoms with Crippen LogP contribution < -0.4 is 0 Å². The van der Waals surface area contributed by atoms with Gasteiger partial charge in [-0.1, -0.05) is 0 Å². The van der Waals surface area contributed by atoms with Crippen LogP contribution in [0.2, 0.25) is 0 Å². The van der Waals surface area contributed by atoms with Crippen molar-refractivity contribution in [3.05, 3.63) is 0 Å². The molecule has 0 saturated heterocycles. The van der Waals surface area contributed by atoms with Crippen LogP contribution in [-0.4, -0.2) is 25.7 Å². The monoisotopic (exact) mass is 223 g/mol. The van der Waals surface area contributed by atoms with Gasteiger partial charge in [0.15, 0.2) is 0 Å². The molecular weight excluding hydrogens is 205 g/mol. The standard InChI is InChI=1S/C8H18NO4P/c1-5-11-14(12-6-2,13-7-3)9-8(4)10/h5-7H2,1-4H3. The van der Waals surface area contributed by atoms with Gasteiger partial charge in [0.25, 0.3) is 0 Å². The molecule has 0 aromatic carbocycles. The summed E-state index contributed by atoms with van der Waals surface area (Å²) in [6.07, 6.45) is 0. The average molecular weight is 223 g/mol. The van der Waals surface area contributed by atoms with Crippen LogP contribution in [0.15, 0.2) is 4.74 Å². The topological polar surface area (TPSA) is 57.1 Å². The Bertz CT molecular complexity index is 206. The summed E-state index contributed by atoms with van der Waals surface area (Å²) in [5, 5.41) is 0. The second-order valence-electron chi connectivity index (χ2n) is 2.34. The second kappa shape index (κ2) is 7.12. The number of carbonyl (C=O) groups excluding carboxylic acids is 1. The average Bonchev–Trinajstić information content (AvgIpc) is 2.03. The summed E-state index contributed by atoms with van der Waals surface area (Å²) in [7, 11) is -2.78. The highest BCUT2D eigenvalue weighted by molar-refractivity contribution is 7.51. The van der Waals surface area contributed by atoms with E-state index >= 15 is 0 Å². The third-order valence-corrected chi connectivity index (χ3v) is 3.42. The fourth-order valence-electron chi connectivity index (χ4n) is 0.860. The van der Waals surface area contributed by atoms with Gasteiger partial charge < -0.3 is 13.6 Å². The highest BCUT2D eigenvalue weighted by atomic mass is 31.2. The van der Waals surface area contributed by atoms with Gasteiger partial charge in [-0.2, -0.15) is 4.74 Å². The predicted molar refractivity (Wildman–Crippen MR) is 54.9 cm³/mol. The summed E-state index contributed by atoms with van der Waals surface area (Å²) in [5.41, 5.74) is 0. The number of nitrogens with zero attached hydrogens (tertiary/aromatic N) is 1. The lowest BCUT2D eigenvalue weighted by Gasteiger charge is -2.20. The van der Waals surface area contributed by atoms with Crippen molar-refractivity contribution >= 4 is 13.6 Å². The Hall–Kier alpha value is -0.220. The molecule has 0 fully saturated rings. The van der Waals surface area contributed by atoms with E-state index in [1.807, 2.05) is 20.8 Å². The Morgan fingerprint density at radius 1 is 1.07 bits per heavy atom. The summed E-state index contributed by atoms with van der Waals surface area (Å²) in [4.78, 5) is 10.9. The van der Waals surface area contributed by atoms with Crippen molar-refractivity contribution in [1.29, 1.82) is 0 Å². The molecule has 0 aliphatic heterocycles. The Kier molecular flexibility index (Phi) is 7.01. The van der Waals surface area contributed by atoms with Crippen molar-refractivity contribution in [3.63, 3.8) is 0 Å². The summed E-state index contributed by atoms with van der Waals surface area (Å²) in [5.74, 6) is -0.339. The molecule has 6 heteroatoms. The van der Waals surface area contributed by atoms with Crippen molar-refractivity contribution in [2.24, 2.45) is 4.74 Å². The summed E-state index contributed by atoms with van der Waals surface area (Å²) >= 11 is 0. The second-order valence-corrected chi connectivity index (χ2v) is 4.25. The predicted octanol–water partition coefficient (Wildman–Crippen LogP) is 2.59. The van der Waals surface area contributed by atoms with Crippen molar-refractivity contribution in [3.8, 4) is 0 Å². The molecule has 1 amide bonds. The van der Waals surface area contributed by atoms with Crippen LogP contribution in [0.25, 0.3) is 0 Å². The maximum atomic E-state index is 10.9. The van der Waals surface area contributed by atoms with Crippen LogP contribution in [0.1, 0.15) is 27.7 Å². The molecule has 0 aliphatic rings. The van der Waals surface area contributed by atoms with Crippen LogP contribution in [-0.2, 0) is 18.4 Å². The van der Waals surface area contributed by atoms with Crippen LogP contribution in [0.3, 0.4) is 0 Å². The number of hydrogen-bond acceptors (Lipinski definition) is 4. The quantitative estimate of drug-likeness (QED) is 0.649. The van der Waals surface area contributed by atoms with Crippen molar-refractivity contribution in [1.82, 2.24) is 0 Å². The zero-order valence-electron chi connectivity index (χ0n) is 9.15. The molecule has 0 aromatic heterocycles. The number of hydrogen-bond donors (Lipinski definition) is 0. The first kappa shape index (κ1) is 13.8. The van der Waals surface area contributed by atoms with Crippen LogP contribution in [0.4, 0.5) is 0 Å². The fraction of sp³-hybridized carbons (Fsp3) is 0.875. The summed E-state index contributed by atoms with van der Waals surface area (Å²) in [6.45, 7) is 8.00. The van der Waals surface area contributed by atoms with Crippen LogP contribution in [0.5, 0.6) is 0 Å². The van der Waals surface area contributed by atoms with E-state index in [2.05, 4.69) is 4.74 Å². The third-order valence-electron chi connectivity index (χ3n) is 1.14. The molecule has 0 atom stereocenters. The molecule has 0 N–H and O–H groups in total. The van der Waals surface area contributed by atoms with E-state index in [1.54, 1.807) is 0 Å². The first-order valence-corrected chi connectivity index (χ1v) is 6.16. The third kappa shape index (κ3) is 4.86. The molecule has 0 unspecified atom stereocenters. The lowest BCUT2D eigenvalue weighted by molar-refractivity contribution is -0.115. The van der Waals surface area contributed by atoms with Crippen molar-refractivity contribution in [2.75, 3.05) is 19.8 Å². The number of carbonyl (C=O) groups is 1. The zero-order valence-corrected chi connectivity index (χ0v) is 10.0. The summed E-state index contributed by atoms with van der Waals surface area (Å²) in [6, 6.07) is 0. The lowest BCUT2D eigenvalue weighted by atomic mass is 10.8.